The third-order valence-electron chi connectivity index (χ3n) is 3.47. The SMILES string of the molecule is CCCCOCC(=O)NCCc1nc(-c2ccccc2)oc1C. The zero-order valence-electron chi connectivity index (χ0n) is 13.8. The number of amides is 1. The lowest BCUT2D eigenvalue weighted by atomic mass is 10.2. The van der Waals surface area contributed by atoms with Crippen molar-refractivity contribution in [3.63, 3.8) is 0 Å². The Morgan fingerprint density at radius 2 is 2.09 bits per heavy atom. The molecule has 0 radical (unpaired) electrons. The van der Waals surface area contributed by atoms with E-state index >= 15 is 0 Å². The summed E-state index contributed by atoms with van der Waals surface area (Å²) in [6.45, 7) is 5.26. The predicted octanol–water partition coefficient (Wildman–Crippen LogP) is 3.13. The normalized spacial score (nSPS) is 10.7. The highest BCUT2D eigenvalue weighted by molar-refractivity contribution is 5.77. The number of nitrogens with one attached hydrogen (secondary N) is 1. The van der Waals surface area contributed by atoms with Gasteiger partial charge in [-0.15, -0.1) is 0 Å². The lowest BCUT2D eigenvalue weighted by molar-refractivity contribution is -0.125. The van der Waals surface area contributed by atoms with Crippen LogP contribution in [0.5, 0.6) is 0 Å². The molecule has 1 N–H and O–H groups in total. The van der Waals surface area contributed by atoms with Gasteiger partial charge in [0.15, 0.2) is 0 Å². The van der Waals surface area contributed by atoms with Crippen LogP contribution in [0.25, 0.3) is 11.5 Å². The third-order valence-corrected chi connectivity index (χ3v) is 3.47. The van der Waals surface area contributed by atoms with E-state index in [9.17, 15) is 4.79 Å². The van der Waals surface area contributed by atoms with Crippen molar-refractivity contribution in [1.82, 2.24) is 10.3 Å². The summed E-state index contributed by atoms with van der Waals surface area (Å²) in [6.07, 6.45) is 2.69. The standard InChI is InChI=1S/C18H24N2O3/c1-3-4-12-22-13-17(21)19-11-10-16-14(2)23-18(20-16)15-8-6-5-7-9-15/h5-9H,3-4,10-13H2,1-2H3,(H,19,21). The van der Waals surface area contributed by atoms with Gasteiger partial charge in [0.25, 0.3) is 0 Å². The number of aromatic nitrogens is 1. The first-order valence-electron chi connectivity index (χ1n) is 8.07. The Labute approximate surface area is 137 Å². The third kappa shape index (κ3) is 5.53. The van der Waals surface area contributed by atoms with Gasteiger partial charge >= 0.3 is 0 Å². The van der Waals surface area contributed by atoms with Gasteiger partial charge < -0.3 is 14.5 Å². The summed E-state index contributed by atoms with van der Waals surface area (Å²) >= 11 is 0. The van der Waals surface area contributed by atoms with Crippen molar-refractivity contribution in [2.75, 3.05) is 19.8 Å². The van der Waals surface area contributed by atoms with Crippen molar-refractivity contribution in [3.8, 4) is 11.5 Å². The highest BCUT2D eigenvalue weighted by Gasteiger charge is 2.11. The number of carbonyl (C=O) groups is 1. The van der Waals surface area contributed by atoms with Gasteiger partial charge in [-0.3, -0.25) is 4.79 Å². The number of hydrogen-bond acceptors (Lipinski definition) is 4. The maximum atomic E-state index is 11.6. The lowest BCUT2D eigenvalue weighted by Gasteiger charge is -2.05. The van der Waals surface area contributed by atoms with E-state index < -0.39 is 0 Å². The van der Waals surface area contributed by atoms with E-state index in [4.69, 9.17) is 9.15 Å². The van der Waals surface area contributed by atoms with Crippen LogP contribution in [0.4, 0.5) is 0 Å². The largest absolute Gasteiger partial charge is 0.441 e. The fourth-order valence-corrected chi connectivity index (χ4v) is 2.15. The molecule has 0 spiro atoms. The van der Waals surface area contributed by atoms with E-state index in [-0.39, 0.29) is 12.5 Å². The highest BCUT2D eigenvalue weighted by Crippen LogP contribution is 2.21. The number of ether oxygens (including phenoxy) is 1. The van der Waals surface area contributed by atoms with Crippen LogP contribution >= 0.6 is 0 Å². The second-order valence-corrected chi connectivity index (χ2v) is 5.39. The fraction of sp³-hybridized carbons (Fsp3) is 0.444. The van der Waals surface area contributed by atoms with Crippen LogP contribution in [0.2, 0.25) is 0 Å². The molecule has 0 aliphatic heterocycles. The Kier molecular flexibility index (Phi) is 6.81. The Morgan fingerprint density at radius 3 is 2.83 bits per heavy atom. The minimum atomic E-state index is -0.0921. The topological polar surface area (TPSA) is 64.4 Å². The number of unbranched alkanes of at least 4 members (excludes halogenated alkanes) is 1. The summed E-state index contributed by atoms with van der Waals surface area (Å²) < 4.78 is 11.0. The van der Waals surface area contributed by atoms with Crippen molar-refractivity contribution in [3.05, 3.63) is 41.8 Å². The fourth-order valence-electron chi connectivity index (χ4n) is 2.15. The van der Waals surface area contributed by atoms with Crippen LogP contribution in [-0.4, -0.2) is 30.6 Å². The number of benzene rings is 1. The van der Waals surface area contributed by atoms with E-state index in [0.717, 1.165) is 29.9 Å². The molecule has 0 aliphatic carbocycles. The molecule has 5 nitrogen and oxygen atoms in total. The van der Waals surface area contributed by atoms with Crippen LogP contribution in [0.3, 0.4) is 0 Å². The quantitative estimate of drug-likeness (QED) is 0.722. The molecule has 1 amide bonds. The van der Waals surface area contributed by atoms with Crippen molar-refractivity contribution in [2.24, 2.45) is 0 Å². The summed E-state index contributed by atoms with van der Waals surface area (Å²) in [5.41, 5.74) is 1.83. The molecule has 23 heavy (non-hydrogen) atoms. The molecule has 1 aromatic carbocycles. The first-order chi connectivity index (χ1) is 11.2. The van der Waals surface area contributed by atoms with Crippen LogP contribution in [0, 0.1) is 6.92 Å². The Hall–Kier alpha value is -2.14. The number of oxazole rings is 1. The molecule has 1 heterocycles. The average molecular weight is 316 g/mol. The molecule has 2 aromatic rings. The second-order valence-electron chi connectivity index (χ2n) is 5.39. The minimum absolute atomic E-state index is 0.0921. The van der Waals surface area contributed by atoms with E-state index in [1.165, 1.54) is 0 Å². The number of carbonyl (C=O) groups excluding carboxylic acids is 1. The predicted molar refractivity (Wildman–Crippen MR) is 89.1 cm³/mol. The molecule has 0 aliphatic rings. The number of aryl methyl sites for hydroxylation is 1. The first-order valence-corrected chi connectivity index (χ1v) is 8.07. The van der Waals surface area contributed by atoms with Gasteiger partial charge in [0.1, 0.15) is 12.4 Å². The lowest BCUT2D eigenvalue weighted by Crippen LogP contribution is -2.29. The zero-order valence-corrected chi connectivity index (χ0v) is 13.8. The summed E-state index contributed by atoms with van der Waals surface area (Å²) in [6, 6.07) is 9.79. The Balaban J connectivity index is 1.78. The van der Waals surface area contributed by atoms with E-state index in [0.29, 0.717) is 25.5 Å². The molecule has 0 atom stereocenters. The number of nitrogens with zero attached hydrogens (tertiary/aromatic N) is 1. The Morgan fingerprint density at radius 1 is 1.30 bits per heavy atom. The van der Waals surface area contributed by atoms with E-state index in [2.05, 4.69) is 17.2 Å². The second kappa shape index (κ2) is 9.10. The smallest absolute Gasteiger partial charge is 0.246 e. The molecular formula is C18H24N2O3. The monoisotopic (exact) mass is 316 g/mol. The van der Waals surface area contributed by atoms with Crippen molar-refractivity contribution >= 4 is 5.91 Å². The molecule has 124 valence electrons. The molecule has 0 fully saturated rings. The van der Waals surface area contributed by atoms with Gasteiger partial charge in [-0.2, -0.15) is 0 Å². The van der Waals surface area contributed by atoms with Gasteiger partial charge in [-0.1, -0.05) is 31.5 Å². The van der Waals surface area contributed by atoms with Gasteiger partial charge in [-0.05, 0) is 25.5 Å². The van der Waals surface area contributed by atoms with Crippen molar-refractivity contribution in [2.45, 2.75) is 33.1 Å². The van der Waals surface area contributed by atoms with Crippen molar-refractivity contribution < 1.29 is 13.9 Å². The van der Waals surface area contributed by atoms with Gasteiger partial charge in [0.05, 0.1) is 5.69 Å². The summed E-state index contributed by atoms with van der Waals surface area (Å²) in [5, 5.41) is 2.84. The summed E-state index contributed by atoms with van der Waals surface area (Å²) in [5.74, 6) is 1.31. The van der Waals surface area contributed by atoms with Crippen molar-refractivity contribution in [1.29, 1.82) is 0 Å². The molecule has 2 rings (SSSR count). The highest BCUT2D eigenvalue weighted by atomic mass is 16.5. The van der Waals surface area contributed by atoms with Crippen LogP contribution in [0.1, 0.15) is 31.2 Å². The molecule has 0 saturated heterocycles. The zero-order chi connectivity index (χ0) is 16.5. The average Bonchev–Trinajstić information content (AvgIpc) is 2.94. The molecular weight excluding hydrogens is 292 g/mol. The minimum Gasteiger partial charge on any atom is -0.441 e. The number of hydrogen-bond donors (Lipinski definition) is 1. The Bertz CT molecular complexity index is 608. The van der Waals surface area contributed by atoms with E-state index in [1.54, 1.807) is 0 Å². The molecule has 0 bridgehead atoms. The molecule has 1 aromatic heterocycles. The maximum Gasteiger partial charge on any atom is 0.246 e. The summed E-state index contributed by atoms with van der Waals surface area (Å²) in [4.78, 5) is 16.1. The molecule has 0 saturated carbocycles. The summed E-state index contributed by atoms with van der Waals surface area (Å²) in [7, 11) is 0. The molecule has 5 heteroatoms. The van der Waals surface area contributed by atoms with Crippen LogP contribution < -0.4 is 5.32 Å². The van der Waals surface area contributed by atoms with Crippen LogP contribution in [0.15, 0.2) is 34.7 Å². The van der Waals surface area contributed by atoms with Gasteiger partial charge in [0, 0.05) is 25.1 Å². The maximum absolute atomic E-state index is 11.6. The van der Waals surface area contributed by atoms with Gasteiger partial charge in [0.2, 0.25) is 11.8 Å². The van der Waals surface area contributed by atoms with E-state index in [1.807, 2.05) is 37.3 Å². The first kappa shape index (κ1) is 17.2. The van der Waals surface area contributed by atoms with Gasteiger partial charge in [-0.25, -0.2) is 4.98 Å². The molecule has 0 unspecified atom stereocenters. The number of rotatable bonds is 9. The van der Waals surface area contributed by atoms with Crippen LogP contribution in [-0.2, 0) is 16.0 Å².